The minimum Gasteiger partial charge on any atom is -0.392 e. The van der Waals surface area contributed by atoms with E-state index in [0.29, 0.717) is 5.92 Å². The highest BCUT2D eigenvalue weighted by molar-refractivity contribution is 4.92. The van der Waals surface area contributed by atoms with Crippen molar-refractivity contribution in [2.75, 3.05) is 32.8 Å². The van der Waals surface area contributed by atoms with Gasteiger partial charge in [0.15, 0.2) is 0 Å². The number of likely N-dealkylation sites (N-methyl/N-ethyl adjacent to an activating group) is 1. The van der Waals surface area contributed by atoms with Gasteiger partial charge < -0.3 is 14.7 Å². The molecule has 0 spiro atoms. The first-order valence-corrected chi connectivity index (χ1v) is 6.99. The summed E-state index contributed by atoms with van der Waals surface area (Å²) in [6.07, 6.45) is 2.14. The molecule has 0 aromatic heterocycles. The zero-order chi connectivity index (χ0) is 12.9. The fraction of sp³-hybridized carbons (Fsp3) is 1.00. The maximum atomic E-state index is 10.3. The lowest BCUT2D eigenvalue weighted by molar-refractivity contribution is 0.0284. The third-order valence-corrected chi connectivity index (χ3v) is 4.10. The van der Waals surface area contributed by atoms with E-state index in [1.54, 1.807) is 0 Å². The van der Waals surface area contributed by atoms with Gasteiger partial charge in [-0.1, -0.05) is 20.8 Å². The normalized spacial score (nSPS) is 27.9. The zero-order valence-electron chi connectivity index (χ0n) is 11.9. The SMILES string of the molecule is CCOCCN(CC)CC1CCC(C)(C)C1O. The van der Waals surface area contributed by atoms with Gasteiger partial charge in [0.2, 0.25) is 0 Å². The molecular formula is C14H29NO2. The number of hydrogen-bond donors (Lipinski definition) is 1. The smallest absolute Gasteiger partial charge is 0.0631 e. The van der Waals surface area contributed by atoms with Crippen LogP contribution in [0.4, 0.5) is 0 Å². The van der Waals surface area contributed by atoms with Crippen LogP contribution in [0.2, 0.25) is 0 Å². The summed E-state index contributed by atoms with van der Waals surface area (Å²) < 4.78 is 5.39. The number of hydrogen-bond acceptors (Lipinski definition) is 3. The maximum absolute atomic E-state index is 10.3. The van der Waals surface area contributed by atoms with Crippen molar-refractivity contribution in [3.8, 4) is 0 Å². The van der Waals surface area contributed by atoms with Gasteiger partial charge in [0.05, 0.1) is 12.7 Å². The van der Waals surface area contributed by atoms with Gasteiger partial charge in [0.25, 0.3) is 0 Å². The van der Waals surface area contributed by atoms with Crippen molar-refractivity contribution >= 4 is 0 Å². The molecule has 1 aliphatic carbocycles. The van der Waals surface area contributed by atoms with Crippen LogP contribution in [0.3, 0.4) is 0 Å². The van der Waals surface area contributed by atoms with Crippen molar-refractivity contribution in [2.45, 2.75) is 46.6 Å². The highest BCUT2D eigenvalue weighted by Gasteiger charge is 2.40. The van der Waals surface area contributed by atoms with Crippen LogP contribution < -0.4 is 0 Å². The second-order valence-electron chi connectivity index (χ2n) is 5.82. The van der Waals surface area contributed by atoms with Crippen molar-refractivity contribution in [3.05, 3.63) is 0 Å². The number of aliphatic hydroxyl groups excluding tert-OH is 1. The van der Waals surface area contributed by atoms with Gasteiger partial charge in [-0.05, 0) is 37.6 Å². The number of aliphatic hydroxyl groups is 1. The summed E-state index contributed by atoms with van der Waals surface area (Å²) in [6.45, 7) is 13.2. The zero-order valence-corrected chi connectivity index (χ0v) is 11.9. The van der Waals surface area contributed by atoms with Gasteiger partial charge >= 0.3 is 0 Å². The molecule has 0 aliphatic heterocycles. The molecule has 1 aliphatic rings. The Morgan fingerprint density at radius 1 is 1.35 bits per heavy atom. The predicted molar refractivity (Wildman–Crippen MR) is 71.1 cm³/mol. The van der Waals surface area contributed by atoms with Crippen molar-refractivity contribution in [2.24, 2.45) is 11.3 Å². The molecule has 2 atom stereocenters. The van der Waals surface area contributed by atoms with E-state index in [1.165, 1.54) is 0 Å². The first kappa shape index (κ1) is 14.9. The summed E-state index contributed by atoms with van der Waals surface area (Å²) >= 11 is 0. The Morgan fingerprint density at radius 2 is 2.06 bits per heavy atom. The Balaban J connectivity index is 2.36. The quantitative estimate of drug-likeness (QED) is 0.695. The highest BCUT2D eigenvalue weighted by Crippen LogP contribution is 2.41. The molecule has 0 amide bonds. The molecular weight excluding hydrogens is 214 g/mol. The topological polar surface area (TPSA) is 32.7 Å². The Hall–Kier alpha value is -0.120. The summed E-state index contributed by atoms with van der Waals surface area (Å²) in [6, 6.07) is 0. The Bertz CT molecular complexity index is 218. The van der Waals surface area contributed by atoms with Gasteiger partial charge in [-0.25, -0.2) is 0 Å². The monoisotopic (exact) mass is 243 g/mol. The summed E-state index contributed by atoms with van der Waals surface area (Å²) in [5.74, 6) is 0.437. The van der Waals surface area contributed by atoms with Crippen LogP contribution in [0.5, 0.6) is 0 Å². The minimum atomic E-state index is -0.149. The molecule has 0 aromatic rings. The summed E-state index contributed by atoms with van der Waals surface area (Å²) in [7, 11) is 0. The number of nitrogens with zero attached hydrogens (tertiary/aromatic N) is 1. The summed E-state index contributed by atoms with van der Waals surface area (Å²) in [4.78, 5) is 2.39. The van der Waals surface area contributed by atoms with Crippen LogP contribution in [-0.2, 0) is 4.74 Å². The van der Waals surface area contributed by atoms with Crippen LogP contribution in [0.1, 0.15) is 40.5 Å². The molecule has 1 fully saturated rings. The molecule has 0 radical (unpaired) electrons. The fourth-order valence-corrected chi connectivity index (χ4v) is 2.74. The second-order valence-corrected chi connectivity index (χ2v) is 5.82. The van der Waals surface area contributed by atoms with Crippen molar-refractivity contribution in [3.63, 3.8) is 0 Å². The lowest BCUT2D eigenvalue weighted by Gasteiger charge is -2.29. The van der Waals surface area contributed by atoms with Crippen LogP contribution >= 0.6 is 0 Å². The second kappa shape index (κ2) is 6.72. The Labute approximate surface area is 106 Å². The first-order chi connectivity index (χ1) is 8.01. The van der Waals surface area contributed by atoms with Crippen LogP contribution in [-0.4, -0.2) is 49.0 Å². The number of rotatable bonds is 7. The first-order valence-electron chi connectivity index (χ1n) is 6.99. The molecule has 17 heavy (non-hydrogen) atoms. The molecule has 3 heteroatoms. The molecule has 102 valence electrons. The van der Waals surface area contributed by atoms with E-state index in [1.807, 2.05) is 6.92 Å². The maximum Gasteiger partial charge on any atom is 0.0631 e. The molecule has 3 nitrogen and oxygen atoms in total. The molecule has 0 saturated heterocycles. The van der Waals surface area contributed by atoms with Gasteiger partial charge in [0.1, 0.15) is 0 Å². The van der Waals surface area contributed by atoms with E-state index in [0.717, 1.165) is 45.7 Å². The van der Waals surface area contributed by atoms with Gasteiger partial charge in [-0.15, -0.1) is 0 Å². The standard InChI is InChI=1S/C14H29NO2/c1-5-15(9-10-17-6-2)11-12-7-8-14(3,4)13(12)16/h12-13,16H,5-11H2,1-4H3. The highest BCUT2D eigenvalue weighted by atomic mass is 16.5. The van der Waals surface area contributed by atoms with Gasteiger partial charge in [-0.2, -0.15) is 0 Å². The minimum absolute atomic E-state index is 0.101. The van der Waals surface area contributed by atoms with E-state index in [2.05, 4.69) is 25.7 Å². The molecule has 1 saturated carbocycles. The van der Waals surface area contributed by atoms with Crippen LogP contribution in [0, 0.1) is 11.3 Å². The lowest BCUT2D eigenvalue weighted by atomic mass is 9.87. The van der Waals surface area contributed by atoms with E-state index in [9.17, 15) is 5.11 Å². The molecule has 0 bridgehead atoms. The average molecular weight is 243 g/mol. The molecule has 2 unspecified atom stereocenters. The summed E-state index contributed by atoms with van der Waals surface area (Å²) in [5.41, 5.74) is 0.101. The van der Waals surface area contributed by atoms with Crippen molar-refractivity contribution < 1.29 is 9.84 Å². The van der Waals surface area contributed by atoms with Gasteiger partial charge in [0, 0.05) is 19.7 Å². The largest absolute Gasteiger partial charge is 0.392 e. The van der Waals surface area contributed by atoms with Crippen LogP contribution in [0.15, 0.2) is 0 Å². The third-order valence-electron chi connectivity index (χ3n) is 4.10. The molecule has 0 heterocycles. The predicted octanol–water partition coefficient (Wildman–Crippen LogP) is 2.14. The fourth-order valence-electron chi connectivity index (χ4n) is 2.74. The summed E-state index contributed by atoms with van der Waals surface area (Å²) in [5, 5.41) is 10.3. The molecule has 1 N–H and O–H groups in total. The van der Waals surface area contributed by atoms with E-state index in [4.69, 9.17) is 4.74 Å². The van der Waals surface area contributed by atoms with Crippen LogP contribution in [0.25, 0.3) is 0 Å². The average Bonchev–Trinajstić information content (AvgIpc) is 2.55. The van der Waals surface area contributed by atoms with E-state index >= 15 is 0 Å². The Kier molecular flexibility index (Phi) is 5.90. The molecule has 0 aromatic carbocycles. The lowest BCUT2D eigenvalue weighted by Crippen LogP contribution is -2.38. The third kappa shape index (κ3) is 4.23. The van der Waals surface area contributed by atoms with Crippen molar-refractivity contribution in [1.29, 1.82) is 0 Å². The molecule has 1 rings (SSSR count). The Morgan fingerprint density at radius 3 is 2.53 bits per heavy atom. The van der Waals surface area contributed by atoms with E-state index < -0.39 is 0 Å². The van der Waals surface area contributed by atoms with E-state index in [-0.39, 0.29) is 11.5 Å². The number of ether oxygens (including phenoxy) is 1. The van der Waals surface area contributed by atoms with Gasteiger partial charge in [-0.3, -0.25) is 0 Å². The van der Waals surface area contributed by atoms with Crippen molar-refractivity contribution in [1.82, 2.24) is 4.90 Å².